The van der Waals surface area contributed by atoms with Crippen LogP contribution in [0.2, 0.25) is 0 Å². The number of nitriles is 1. The Labute approximate surface area is 99.4 Å². The van der Waals surface area contributed by atoms with E-state index in [4.69, 9.17) is 15.7 Å². The number of nitrogens with zero attached hydrogens (tertiary/aromatic N) is 2. The average Bonchev–Trinajstić information content (AvgIpc) is 2.60. The molecule has 0 radical (unpaired) electrons. The van der Waals surface area contributed by atoms with Crippen LogP contribution in [0.3, 0.4) is 0 Å². The standard InChI is InChI=1S/C12H14FN3O/c1-16-6-9(13)12(7-16)17-11-3-2-8(5-14)4-10(11)15/h2-4,9,12H,6-7,15H2,1H3. The van der Waals surface area contributed by atoms with Gasteiger partial charge in [-0.25, -0.2) is 4.39 Å². The fraction of sp³-hybridized carbons (Fsp3) is 0.417. The summed E-state index contributed by atoms with van der Waals surface area (Å²) >= 11 is 0. The molecule has 1 aromatic carbocycles. The van der Waals surface area contributed by atoms with Gasteiger partial charge in [-0.2, -0.15) is 5.26 Å². The van der Waals surface area contributed by atoms with Gasteiger partial charge in [0, 0.05) is 13.1 Å². The zero-order valence-electron chi connectivity index (χ0n) is 9.56. The molecule has 17 heavy (non-hydrogen) atoms. The molecular formula is C12H14FN3O. The summed E-state index contributed by atoms with van der Waals surface area (Å²) in [6, 6.07) is 6.73. The predicted octanol–water partition coefficient (Wildman–Crippen LogP) is 1.17. The average molecular weight is 235 g/mol. The molecule has 1 aliphatic heterocycles. The van der Waals surface area contributed by atoms with Gasteiger partial charge in [-0.3, -0.25) is 4.90 Å². The van der Waals surface area contributed by atoms with Crippen molar-refractivity contribution in [2.75, 3.05) is 25.9 Å². The van der Waals surface area contributed by atoms with Gasteiger partial charge in [-0.15, -0.1) is 0 Å². The van der Waals surface area contributed by atoms with Gasteiger partial charge in [0.1, 0.15) is 11.9 Å². The first-order valence-corrected chi connectivity index (χ1v) is 5.39. The maximum absolute atomic E-state index is 13.5. The van der Waals surface area contributed by atoms with Crippen LogP contribution in [0.25, 0.3) is 0 Å². The molecule has 1 fully saturated rings. The summed E-state index contributed by atoms with van der Waals surface area (Å²) in [5, 5.41) is 8.70. The van der Waals surface area contributed by atoms with Gasteiger partial charge in [0.05, 0.1) is 17.3 Å². The van der Waals surface area contributed by atoms with Crippen molar-refractivity contribution < 1.29 is 9.13 Å². The van der Waals surface area contributed by atoms with Crippen molar-refractivity contribution in [3.05, 3.63) is 23.8 Å². The Kier molecular flexibility index (Phi) is 3.16. The summed E-state index contributed by atoms with van der Waals surface area (Å²) in [7, 11) is 1.85. The third kappa shape index (κ3) is 2.48. The molecule has 0 aliphatic carbocycles. The molecular weight excluding hydrogens is 221 g/mol. The molecule has 90 valence electrons. The normalized spacial score (nSPS) is 24.5. The first kappa shape index (κ1) is 11.7. The largest absolute Gasteiger partial charge is 0.484 e. The monoisotopic (exact) mass is 235 g/mol. The Balaban J connectivity index is 2.12. The summed E-state index contributed by atoms with van der Waals surface area (Å²) in [6.07, 6.45) is -1.50. The molecule has 2 N–H and O–H groups in total. The highest BCUT2D eigenvalue weighted by molar-refractivity contribution is 5.56. The van der Waals surface area contributed by atoms with E-state index in [-0.39, 0.29) is 0 Å². The first-order chi connectivity index (χ1) is 8.10. The Morgan fingerprint density at radius 3 is 2.82 bits per heavy atom. The molecule has 0 saturated carbocycles. The molecule has 0 aromatic heterocycles. The van der Waals surface area contributed by atoms with Crippen LogP contribution in [-0.2, 0) is 0 Å². The third-order valence-corrected chi connectivity index (χ3v) is 2.80. The molecule has 2 unspecified atom stereocenters. The number of rotatable bonds is 2. The van der Waals surface area contributed by atoms with E-state index in [1.807, 2.05) is 18.0 Å². The molecule has 0 bridgehead atoms. The van der Waals surface area contributed by atoms with Gasteiger partial charge in [0.2, 0.25) is 0 Å². The summed E-state index contributed by atoms with van der Waals surface area (Å²) in [5.74, 6) is 0.437. The molecule has 1 aliphatic rings. The maximum Gasteiger partial charge on any atom is 0.151 e. The lowest BCUT2D eigenvalue weighted by Crippen LogP contribution is -2.27. The lowest BCUT2D eigenvalue weighted by atomic mass is 10.2. The minimum absolute atomic E-state index is 0.366. The smallest absolute Gasteiger partial charge is 0.151 e. The van der Waals surface area contributed by atoms with E-state index in [0.717, 1.165) is 0 Å². The van der Waals surface area contributed by atoms with Crippen LogP contribution in [0, 0.1) is 11.3 Å². The van der Waals surface area contributed by atoms with Crippen LogP contribution >= 0.6 is 0 Å². The highest BCUT2D eigenvalue weighted by atomic mass is 19.1. The Morgan fingerprint density at radius 1 is 1.53 bits per heavy atom. The van der Waals surface area contributed by atoms with Crippen molar-refractivity contribution in [3.63, 3.8) is 0 Å². The van der Waals surface area contributed by atoms with Gasteiger partial charge >= 0.3 is 0 Å². The van der Waals surface area contributed by atoms with E-state index in [1.54, 1.807) is 12.1 Å². The number of nitrogens with two attached hydrogens (primary N) is 1. The predicted molar refractivity (Wildman–Crippen MR) is 62.4 cm³/mol. The number of alkyl halides is 1. The number of halogens is 1. The lowest BCUT2D eigenvalue weighted by Gasteiger charge is -2.16. The van der Waals surface area contributed by atoms with E-state index < -0.39 is 12.3 Å². The fourth-order valence-corrected chi connectivity index (χ4v) is 1.91. The highest BCUT2D eigenvalue weighted by Crippen LogP contribution is 2.26. The van der Waals surface area contributed by atoms with Gasteiger partial charge in [0.25, 0.3) is 0 Å². The number of likely N-dealkylation sites (N-methyl/N-ethyl adjacent to an activating group) is 1. The van der Waals surface area contributed by atoms with Gasteiger partial charge in [-0.1, -0.05) is 0 Å². The zero-order chi connectivity index (χ0) is 12.4. The lowest BCUT2D eigenvalue weighted by molar-refractivity contribution is 0.140. The molecule has 0 amide bonds. The summed E-state index contributed by atoms with van der Waals surface area (Å²) < 4.78 is 19.1. The van der Waals surface area contributed by atoms with Gasteiger partial charge < -0.3 is 10.5 Å². The van der Waals surface area contributed by atoms with Crippen molar-refractivity contribution in [1.82, 2.24) is 4.90 Å². The minimum atomic E-state index is -1.00. The summed E-state index contributed by atoms with van der Waals surface area (Å²) in [6.45, 7) is 0.918. The van der Waals surface area contributed by atoms with E-state index in [1.165, 1.54) is 6.07 Å². The van der Waals surface area contributed by atoms with Crippen LogP contribution in [0.4, 0.5) is 10.1 Å². The van der Waals surface area contributed by atoms with E-state index >= 15 is 0 Å². The molecule has 1 aromatic rings. The Morgan fingerprint density at radius 2 is 2.29 bits per heavy atom. The van der Waals surface area contributed by atoms with Crippen LogP contribution in [0.5, 0.6) is 5.75 Å². The molecule has 0 spiro atoms. The van der Waals surface area contributed by atoms with E-state index in [0.29, 0.717) is 30.1 Å². The molecule has 1 heterocycles. The van der Waals surface area contributed by atoms with Crippen molar-refractivity contribution in [1.29, 1.82) is 5.26 Å². The summed E-state index contributed by atoms with van der Waals surface area (Å²) in [4.78, 5) is 1.87. The Bertz CT molecular complexity index is 458. The van der Waals surface area contributed by atoms with Crippen molar-refractivity contribution in [3.8, 4) is 11.8 Å². The topological polar surface area (TPSA) is 62.3 Å². The summed E-state index contributed by atoms with van der Waals surface area (Å²) in [5.41, 5.74) is 6.58. The Hall–Kier alpha value is -1.80. The van der Waals surface area contributed by atoms with Crippen LogP contribution in [-0.4, -0.2) is 37.3 Å². The maximum atomic E-state index is 13.5. The van der Waals surface area contributed by atoms with Gasteiger partial charge in [0.15, 0.2) is 6.17 Å². The second kappa shape index (κ2) is 4.60. The molecule has 1 saturated heterocycles. The number of nitrogen functional groups attached to an aromatic ring is 1. The SMILES string of the molecule is CN1CC(F)C(Oc2ccc(C#N)cc2N)C1. The van der Waals surface area contributed by atoms with Crippen LogP contribution in [0.1, 0.15) is 5.56 Å². The molecule has 4 nitrogen and oxygen atoms in total. The highest BCUT2D eigenvalue weighted by Gasteiger charge is 2.32. The number of hydrogen-bond donors (Lipinski definition) is 1. The number of anilines is 1. The minimum Gasteiger partial charge on any atom is -0.484 e. The van der Waals surface area contributed by atoms with Crippen molar-refractivity contribution >= 4 is 5.69 Å². The van der Waals surface area contributed by atoms with Crippen molar-refractivity contribution in [2.24, 2.45) is 0 Å². The molecule has 5 heteroatoms. The quantitative estimate of drug-likeness (QED) is 0.782. The third-order valence-electron chi connectivity index (χ3n) is 2.80. The molecule has 2 rings (SSSR count). The first-order valence-electron chi connectivity index (χ1n) is 5.39. The van der Waals surface area contributed by atoms with E-state index in [9.17, 15) is 4.39 Å². The van der Waals surface area contributed by atoms with Gasteiger partial charge in [-0.05, 0) is 25.2 Å². The number of benzene rings is 1. The zero-order valence-corrected chi connectivity index (χ0v) is 9.56. The fourth-order valence-electron chi connectivity index (χ4n) is 1.91. The van der Waals surface area contributed by atoms with Crippen LogP contribution in [0.15, 0.2) is 18.2 Å². The second-order valence-corrected chi connectivity index (χ2v) is 4.26. The second-order valence-electron chi connectivity index (χ2n) is 4.26. The number of hydrogen-bond acceptors (Lipinski definition) is 4. The molecule has 2 atom stereocenters. The van der Waals surface area contributed by atoms with Crippen LogP contribution < -0.4 is 10.5 Å². The number of likely N-dealkylation sites (tertiary alicyclic amines) is 1. The van der Waals surface area contributed by atoms with E-state index in [2.05, 4.69) is 0 Å². The number of ether oxygens (including phenoxy) is 1. The van der Waals surface area contributed by atoms with Crippen molar-refractivity contribution in [2.45, 2.75) is 12.3 Å².